The Morgan fingerprint density at radius 1 is 1.04 bits per heavy atom. The molecule has 3 fully saturated rings. The van der Waals surface area contributed by atoms with Crippen molar-refractivity contribution in [2.75, 3.05) is 37.6 Å². The van der Waals surface area contributed by atoms with Crippen molar-refractivity contribution in [3.05, 3.63) is 17.5 Å². The molecule has 1 aromatic rings. The molecule has 0 radical (unpaired) electrons. The zero-order valence-corrected chi connectivity index (χ0v) is 16.5. The van der Waals surface area contributed by atoms with Gasteiger partial charge in [-0.1, -0.05) is 0 Å². The molecule has 6 nitrogen and oxygen atoms in total. The van der Waals surface area contributed by atoms with E-state index in [2.05, 4.69) is 33.6 Å². The number of nitrogens with zero attached hydrogens (tertiary/aromatic N) is 4. The van der Waals surface area contributed by atoms with Gasteiger partial charge in [-0.15, -0.1) is 0 Å². The fourth-order valence-electron chi connectivity index (χ4n) is 4.90. The molecule has 0 aromatic carbocycles. The van der Waals surface area contributed by atoms with Gasteiger partial charge >= 0.3 is 0 Å². The lowest BCUT2D eigenvalue weighted by atomic mass is 9.92. The van der Waals surface area contributed by atoms with Gasteiger partial charge in [0.2, 0.25) is 5.95 Å². The van der Waals surface area contributed by atoms with Crippen LogP contribution in [0.4, 0.5) is 5.95 Å². The van der Waals surface area contributed by atoms with Crippen molar-refractivity contribution < 1.29 is 9.47 Å². The Labute approximate surface area is 156 Å². The third kappa shape index (κ3) is 4.02. The molecule has 5 atom stereocenters. The third-order valence-electron chi connectivity index (χ3n) is 5.84. The van der Waals surface area contributed by atoms with Crippen LogP contribution in [-0.4, -0.2) is 72.0 Å². The summed E-state index contributed by atoms with van der Waals surface area (Å²) in [5, 5.41) is 0. The van der Waals surface area contributed by atoms with Crippen LogP contribution in [0.1, 0.15) is 38.1 Å². The van der Waals surface area contributed by atoms with Gasteiger partial charge in [0.15, 0.2) is 0 Å². The lowest BCUT2D eigenvalue weighted by molar-refractivity contribution is -0.0814. The average Bonchev–Trinajstić information content (AvgIpc) is 2.94. The second-order valence-electron chi connectivity index (χ2n) is 8.45. The molecular formula is C20H32N4O2. The zero-order valence-electron chi connectivity index (χ0n) is 16.5. The van der Waals surface area contributed by atoms with Crippen LogP contribution in [0.2, 0.25) is 0 Å². The SMILES string of the molecule is Cc1cc(C)nc(N2CC[C@H]3CC(CN4CC(C)OC(C)C4)O[C@H]3C2)n1. The number of ether oxygens (including phenoxy) is 2. The molecular weight excluding hydrogens is 328 g/mol. The van der Waals surface area contributed by atoms with Gasteiger partial charge < -0.3 is 14.4 Å². The first-order valence-corrected chi connectivity index (χ1v) is 10.1. The summed E-state index contributed by atoms with van der Waals surface area (Å²) in [6, 6.07) is 2.03. The molecule has 3 aliphatic heterocycles. The number of piperidine rings is 1. The first-order chi connectivity index (χ1) is 12.5. The molecule has 1 aromatic heterocycles. The minimum atomic E-state index is 0.314. The van der Waals surface area contributed by atoms with Crippen LogP contribution in [0.25, 0.3) is 0 Å². The molecule has 0 amide bonds. The van der Waals surface area contributed by atoms with Gasteiger partial charge in [-0.05, 0) is 52.5 Å². The van der Waals surface area contributed by atoms with Crippen molar-refractivity contribution in [2.45, 2.75) is 65.0 Å². The second kappa shape index (κ2) is 7.41. The molecule has 26 heavy (non-hydrogen) atoms. The predicted molar refractivity (Wildman–Crippen MR) is 102 cm³/mol. The van der Waals surface area contributed by atoms with Crippen molar-refractivity contribution in [3.63, 3.8) is 0 Å². The topological polar surface area (TPSA) is 50.7 Å². The van der Waals surface area contributed by atoms with E-state index in [1.807, 2.05) is 19.9 Å². The predicted octanol–water partition coefficient (Wildman–Crippen LogP) is 2.19. The molecule has 3 aliphatic rings. The molecule has 3 unspecified atom stereocenters. The first-order valence-electron chi connectivity index (χ1n) is 10.1. The number of fused-ring (bicyclic) bond motifs is 1. The highest BCUT2D eigenvalue weighted by atomic mass is 16.5. The molecule has 0 bridgehead atoms. The molecule has 0 N–H and O–H groups in total. The number of anilines is 1. The Morgan fingerprint density at radius 2 is 1.73 bits per heavy atom. The number of aromatic nitrogens is 2. The lowest BCUT2D eigenvalue weighted by Crippen LogP contribution is -2.48. The normalized spacial score (nSPS) is 35.5. The van der Waals surface area contributed by atoms with E-state index in [1.54, 1.807) is 0 Å². The summed E-state index contributed by atoms with van der Waals surface area (Å²) in [5.74, 6) is 1.54. The smallest absolute Gasteiger partial charge is 0.225 e. The molecule has 144 valence electrons. The van der Waals surface area contributed by atoms with Gasteiger partial charge in [0.1, 0.15) is 0 Å². The standard InChI is InChI=1S/C20H32N4O2/c1-13-7-14(2)22-20(21-13)24-6-5-17-8-18(26-19(17)12-24)11-23-9-15(3)25-16(4)10-23/h7,15-19H,5-6,8-12H2,1-4H3/t15?,16?,17-,18?,19-/m0/s1. The molecule has 4 heterocycles. The van der Waals surface area contributed by atoms with Crippen molar-refractivity contribution in [1.29, 1.82) is 0 Å². The maximum absolute atomic E-state index is 6.47. The summed E-state index contributed by atoms with van der Waals surface area (Å²) in [7, 11) is 0. The highest BCUT2D eigenvalue weighted by molar-refractivity contribution is 5.33. The quantitative estimate of drug-likeness (QED) is 0.824. The van der Waals surface area contributed by atoms with E-state index in [0.29, 0.717) is 30.3 Å². The monoisotopic (exact) mass is 360 g/mol. The Morgan fingerprint density at radius 3 is 2.42 bits per heavy atom. The van der Waals surface area contributed by atoms with Crippen LogP contribution < -0.4 is 4.90 Å². The molecule has 0 spiro atoms. The minimum absolute atomic E-state index is 0.314. The fraction of sp³-hybridized carbons (Fsp3) is 0.800. The molecule has 6 heteroatoms. The van der Waals surface area contributed by atoms with E-state index >= 15 is 0 Å². The summed E-state index contributed by atoms with van der Waals surface area (Å²) in [4.78, 5) is 14.1. The minimum Gasteiger partial charge on any atom is -0.373 e. The van der Waals surface area contributed by atoms with E-state index < -0.39 is 0 Å². The number of rotatable bonds is 3. The average molecular weight is 361 g/mol. The van der Waals surface area contributed by atoms with Gasteiger partial charge in [-0.25, -0.2) is 9.97 Å². The highest BCUT2D eigenvalue weighted by Gasteiger charge is 2.40. The van der Waals surface area contributed by atoms with Gasteiger partial charge in [-0.3, -0.25) is 4.90 Å². The Kier molecular flexibility index (Phi) is 5.17. The maximum atomic E-state index is 6.47. The third-order valence-corrected chi connectivity index (χ3v) is 5.84. The van der Waals surface area contributed by atoms with Crippen molar-refractivity contribution in [2.24, 2.45) is 5.92 Å². The van der Waals surface area contributed by atoms with Gasteiger partial charge in [0.05, 0.1) is 24.4 Å². The molecule has 0 saturated carbocycles. The first kappa shape index (κ1) is 18.1. The Balaban J connectivity index is 1.35. The van der Waals surface area contributed by atoms with E-state index in [0.717, 1.165) is 50.1 Å². The summed E-state index contributed by atoms with van der Waals surface area (Å²) >= 11 is 0. The van der Waals surface area contributed by atoms with Crippen molar-refractivity contribution >= 4 is 5.95 Å². The molecule has 3 saturated heterocycles. The highest BCUT2D eigenvalue weighted by Crippen LogP contribution is 2.34. The van der Waals surface area contributed by atoms with Crippen LogP contribution in [-0.2, 0) is 9.47 Å². The number of hydrogen-bond donors (Lipinski definition) is 0. The van der Waals surface area contributed by atoms with Crippen LogP contribution >= 0.6 is 0 Å². The number of hydrogen-bond acceptors (Lipinski definition) is 6. The van der Waals surface area contributed by atoms with Gasteiger partial charge in [-0.2, -0.15) is 0 Å². The summed E-state index contributed by atoms with van der Waals surface area (Å²) in [5.41, 5.74) is 2.07. The lowest BCUT2D eigenvalue weighted by Gasteiger charge is -2.36. The molecule has 4 rings (SSSR count). The number of aryl methyl sites for hydroxylation is 2. The summed E-state index contributed by atoms with van der Waals surface area (Å²) < 4.78 is 12.3. The summed E-state index contributed by atoms with van der Waals surface area (Å²) in [6.07, 6.45) is 3.66. The van der Waals surface area contributed by atoms with Gasteiger partial charge in [0, 0.05) is 44.1 Å². The van der Waals surface area contributed by atoms with Crippen LogP contribution in [0, 0.1) is 19.8 Å². The van der Waals surface area contributed by atoms with E-state index in [4.69, 9.17) is 9.47 Å². The second-order valence-corrected chi connectivity index (χ2v) is 8.45. The largest absolute Gasteiger partial charge is 0.373 e. The van der Waals surface area contributed by atoms with Crippen molar-refractivity contribution in [3.8, 4) is 0 Å². The summed E-state index contributed by atoms with van der Waals surface area (Å²) in [6.45, 7) is 13.4. The van der Waals surface area contributed by atoms with E-state index in [9.17, 15) is 0 Å². The Hall–Kier alpha value is -1.24. The molecule has 0 aliphatic carbocycles. The van der Waals surface area contributed by atoms with E-state index in [1.165, 1.54) is 12.8 Å². The Bertz CT molecular complexity index is 610. The van der Waals surface area contributed by atoms with E-state index in [-0.39, 0.29) is 0 Å². The zero-order chi connectivity index (χ0) is 18.3. The van der Waals surface area contributed by atoms with Crippen LogP contribution in [0.3, 0.4) is 0 Å². The maximum Gasteiger partial charge on any atom is 0.225 e. The van der Waals surface area contributed by atoms with Crippen LogP contribution in [0.15, 0.2) is 6.07 Å². The van der Waals surface area contributed by atoms with Crippen molar-refractivity contribution in [1.82, 2.24) is 14.9 Å². The number of morpholine rings is 1. The van der Waals surface area contributed by atoms with Gasteiger partial charge in [0.25, 0.3) is 0 Å². The fourth-order valence-corrected chi connectivity index (χ4v) is 4.90. The van der Waals surface area contributed by atoms with Crippen LogP contribution in [0.5, 0.6) is 0 Å².